The summed E-state index contributed by atoms with van der Waals surface area (Å²) >= 11 is 1.55. The molecule has 3 aromatic rings. The number of thiophene rings is 1. The van der Waals surface area contributed by atoms with E-state index in [1.54, 1.807) is 28.3 Å². The Hall–Kier alpha value is -2.74. The van der Waals surface area contributed by atoms with Gasteiger partial charge in [-0.1, -0.05) is 19.9 Å². The van der Waals surface area contributed by atoms with Crippen LogP contribution < -0.4 is 0 Å². The molecule has 0 radical (unpaired) electrons. The molecule has 0 aromatic carbocycles. The lowest BCUT2D eigenvalue weighted by Gasteiger charge is -2.34. The van der Waals surface area contributed by atoms with Crippen LogP contribution in [0.1, 0.15) is 50.5 Å². The zero-order valence-electron chi connectivity index (χ0n) is 18.4. The molecule has 31 heavy (non-hydrogen) atoms. The van der Waals surface area contributed by atoms with E-state index in [-0.39, 0.29) is 18.6 Å². The summed E-state index contributed by atoms with van der Waals surface area (Å²) in [5.41, 5.74) is 1.72. The number of amides is 1. The highest BCUT2D eigenvalue weighted by atomic mass is 32.1. The van der Waals surface area contributed by atoms with E-state index in [9.17, 15) is 9.59 Å². The second kappa shape index (κ2) is 8.78. The van der Waals surface area contributed by atoms with Gasteiger partial charge in [0.1, 0.15) is 0 Å². The van der Waals surface area contributed by atoms with Crippen LogP contribution in [0.25, 0.3) is 21.6 Å². The summed E-state index contributed by atoms with van der Waals surface area (Å²) in [6.07, 6.45) is 2.76. The van der Waals surface area contributed by atoms with E-state index in [0.29, 0.717) is 47.2 Å². The first-order valence-corrected chi connectivity index (χ1v) is 11.6. The molecule has 0 bridgehead atoms. The monoisotopic (exact) mass is 440 g/mol. The first-order chi connectivity index (χ1) is 14.8. The number of likely N-dealkylation sites (tertiary alicyclic amines) is 1. The maximum absolute atomic E-state index is 13.0. The molecule has 1 fully saturated rings. The van der Waals surface area contributed by atoms with Crippen LogP contribution in [-0.2, 0) is 9.53 Å². The summed E-state index contributed by atoms with van der Waals surface area (Å²) in [5, 5.41) is 7.02. The van der Waals surface area contributed by atoms with E-state index < -0.39 is 5.97 Å². The van der Waals surface area contributed by atoms with Gasteiger partial charge in [0, 0.05) is 19.1 Å². The van der Waals surface area contributed by atoms with Crippen molar-refractivity contribution in [2.24, 2.45) is 11.8 Å². The van der Waals surface area contributed by atoms with Gasteiger partial charge in [-0.2, -0.15) is 5.10 Å². The first-order valence-electron chi connectivity index (χ1n) is 10.7. The molecular formula is C23H28N4O3S. The topological polar surface area (TPSA) is 77.3 Å². The molecule has 7 nitrogen and oxygen atoms in total. The number of piperidine rings is 1. The van der Waals surface area contributed by atoms with Gasteiger partial charge in [-0.05, 0) is 49.6 Å². The average molecular weight is 441 g/mol. The summed E-state index contributed by atoms with van der Waals surface area (Å²) < 4.78 is 7.27. The summed E-state index contributed by atoms with van der Waals surface area (Å²) in [7, 11) is 0. The second-order valence-corrected chi connectivity index (χ2v) is 9.72. The third-order valence-corrected chi connectivity index (χ3v) is 6.49. The molecule has 8 heteroatoms. The van der Waals surface area contributed by atoms with Crippen molar-refractivity contribution in [2.75, 3.05) is 19.7 Å². The normalized spacial score (nSPS) is 19.2. The predicted octanol–water partition coefficient (Wildman–Crippen LogP) is 4.40. The van der Waals surface area contributed by atoms with Crippen LogP contribution in [0.4, 0.5) is 0 Å². The van der Waals surface area contributed by atoms with E-state index in [0.717, 1.165) is 11.3 Å². The van der Waals surface area contributed by atoms with Gasteiger partial charge in [0.15, 0.2) is 12.3 Å². The molecule has 0 spiro atoms. The number of carbonyl (C=O) groups is 2. The summed E-state index contributed by atoms with van der Waals surface area (Å²) in [5.74, 6) is 0.241. The molecule has 0 aliphatic carbocycles. The number of hydrogen-bond donors (Lipinski definition) is 0. The third-order valence-electron chi connectivity index (χ3n) is 5.60. The number of aromatic nitrogens is 3. The van der Waals surface area contributed by atoms with Crippen LogP contribution in [0.3, 0.4) is 0 Å². The van der Waals surface area contributed by atoms with E-state index in [4.69, 9.17) is 9.72 Å². The minimum Gasteiger partial charge on any atom is -0.452 e. The van der Waals surface area contributed by atoms with Gasteiger partial charge in [-0.15, -0.1) is 11.3 Å². The van der Waals surface area contributed by atoms with Gasteiger partial charge in [0.05, 0.1) is 27.7 Å². The Kier molecular flexibility index (Phi) is 6.09. The largest absolute Gasteiger partial charge is 0.452 e. The lowest BCUT2D eigenvalue weighted by molar-refractivity contribution is -0.137. The lowest BCUT2D eigenvalue weighted by atomic mass is 9.92. The molecule has 2 atom stereocenters. The zero-order valence-corrected chi connectivity index (χ0v) is 19.2. The molecule has 1 aliphatic rings. The van der Waals surface area contributed by atoms with Crippen LogP contribution in [0.15, 0.2) is 29.8 Å². The SMILES string of the molecule is CC1CC(C)CN(C(=O)COC(=O)c2cc(-c3cccs3)nc3c2cnn3C(C)C)C1. The number of ether oxygens (including phenoxy) is 1. The Morgan fingerprint density at radius 3 is 2.65 bits per heavy atom. The van der Waals surface area contributed by atoms with E-state index in [2.05, 4.69) is 18.9 Å². The fourth-order valence-electron chi connectivity index (χ4n) is 4.28. The third kappa shape index (κ3) is 4.49. The van der Waals surface area contributed by atoms with Crippen LogP contribution in [0.5, 0.6) is 0 Å². The highest BCUT2D eigenvalue weighted by Crippen LogP contribution is 2.29. The molecule has 1 amide bonds. The molecule has 3 aromatic heterocycles. The van der Waals surface area contributed by atoms with Gasteiger partial charge >= 0.3 is 5.97 Å². The number of fused-ring (bicyclic) bond motifs is 1. The quantitative estimate of drug-likeness (QED) is 0.550. The van der Waals surface area contributed by atoms with E-state index in [1.807, 2.05) is 36.3 Å². The Bertz CT molecular complexity index is 1080. The zero-order chi connectivity index (χ0) is 22.1. The van der Waals surface area contributed by atoms with Crippen molar-refractivity contribution in [2.45, 2.75) is 40.2 Å². The van der Waals surface area contributed by atoms with Crippen LogP contribution in [-0.4, -0.2) is 51.2 Å². The van der Waals surface area contributed by atoms with Gasteiger partial charge < -0.3 is 9.64 Å². The Labute approximate surface area is 186 Å². The van der Waals surface area contributed by atoms with Crippen molar-refractivity contribution in [3.05, 3.63) is 35.3 Å². The first kappa shape index (κ1) is 21.5. The van der Waals surface area contributed by atoms with Crippen LogP contribution >= 0.6 is 11.3 Å². The molecule has 0 saturated carbocycles. The fourth-order valence-corrected chi connectivity index (χ4v) is 4.96. The fraction of sp³-hybridized carbons (Fsp3) is 0.478. The second-order valence-electron chi connectivity index (χ2n) is 8.77. The molecule has 2 unspecified atom stereocenters. The summed E-state index contributed by atoms with van der Waals surface area (Å²) in [4.78, 5) is 33.2. The average Bonchev–Trinajstić information content (AvgIpc) is 3.40. The van der Waals surface area contributed by atoms with Crippen molar-refractivity contribution in [1.82, 2.24) is 19.7 Å². The van der Waals surface area contributed by atoms with Crippen molar-refractivity contribution in [3.8, 4) is 10.6 Å². The number of esters is 1. The number of pyridine rings is 1. The van der Waals surface area contributed by atoms with E-state index >= 15 is 0 Å². The predicted molar refractivity (Wildman–Crippen MR) is 121 cm³/mol. The molecule has 4 heterocycles. The highest BCUT2D eigenvalue weighted by Gasteiger charge is 2.27. The molecule has 1 aliphatic heterocycles. The molecule has 0 N–H and O–H groups in total. The van der Waals surface area contributed by atoms with Crippen LogP contribution in [0.2, 0.25) is 0 Å². The van der Waals surface area contributed by atoms with Crippen LogP contribution in [0, 0.1) is 11.8 Å². The van der Waals surface area contributed by atoms with Crippen molar-refractivity contribution in [3.63, 3.8) is 0 Å². The van der Waals surface area contributed by atoms with Gasteiger partial charge in [0.2, 0.25) is 0 Å². The minimum atomic E-state index is -0.528. The molecule has 4 rings (SSSR count). The van der Waals surface area contributed by atoms with Crippen molar-refractivity contribution >= 4 is 34.2 Å². The van der Waals surface area contributed by atoms with Gasteiger partial charge in [-0.25, -0.2) is 14.5 Å². The molecule has 164 valence electrons. The molecular weight excluding hydrogens is 412 g/mol. The maximum Gasteiger partial charge on any atom is 0.339 e. The number of nitrogens with zero attached hydrogens (tertiary/aromatic N) is 4. The smallest absolute Gasteiger partial charge is 0.339 e. The molecule has 1 saturated heterocycles. The highest BCUT2D eigenvalue weighted by molar-refractivity contribution is 7.13. The van der Waals surface area contributed by atoms with E-state index in [1.165, 1.54) is 0 Å². The van der Waals surface area contributed by atoms with Crippen molar-refractivity contribution in [1.29, 1.82) is 0 Å². The van der Waals surface area contributed by atoms with Crippen molar-refractivity contribution < 1.29 is 14.3 Å². The summed E-state index contributed by atoms with van der Waals surface area (Å²) in [6, 6.07) is 5.74. The Morgan fingerprint density at radius 1 is 1.26 bits per heavy atom. The Balaban J connectivity index is 1.59. The Morgan fingerprint density at radius 2 is 2.00 bits per heavy atom. The number of hydrogen-bond acceptors (Lipinski definition) is 6. The standard InChI is InChI=1S/C23H28N4O3S/c1-14(2)27-22-18(10-24-27)17(9-19(25-22)20-6-5-7-31-20)23(29)30-13-21(28)26-11-15(3)8-16(4)12-26/h5-7,9-10,14-16H,8,11-13H2,1-4H3. The number of rotatable bonds is 5. The summed E-state index contributed by atoms with van der Waals surface area (Å²) in [6.45, 7) is 9.50. The maximum atomic E-state index is 13.0. The lowest BCUT2D eigenvalue weighted by Crippen LogP contribution is -2.44. The minimum absolute atomic E-state index is 0.0946. The van der Waals surface area contributed by atoms with Gasteiger partial charge in [-0.3, -0.25) is 4.79 Å². The number of carbonyl (C=O) groups excluding carboxylic acids is 2. The van der Waals surface area contributed by atoms with Gasteiger partial charge in [0.25, 0.3) is 5.91 Å².